The van der Waals surface area contributed by atoms with Crippen LogP contribution in [-0.4, -0.2) is 25.5 Å². The van der Waals surface area contributed by atoms with Gasteiger partial charge in [-0.15, -0.1) is 0 Å². The highest BCUT2D eigenvalue weighted by Gasteiger charge is 2.12. The first kappa shape index (κ1) is 17.5. The lowest BCUT2D eigenvalue weighted by molar-refractivity contribution is -0.139. The van der Waals surface area contributed by atoms with Crippen molar-refractivity contribution in [3.63, 3.8) is 0 Å². The summed E-state index contributed by atoms with van der Waals surface area (Å²) in [4.78, 5) is 23.6. The molecule has 0 saturated heterocycles. The number of amides is 2. The fourth-order valence-electron chi connectivity index (χ4n) is 2.28. The van der Waals surface area contributed by atoms with Gasteiger partial charge in [-0.1, -0.05) is 42.0 Å². The molecule has 0 atom stereocenters. The molecule has 2 aromatic rings. The van der Waals surface area contributed by atoms with Crippen LogP contribution in [0.4, 0.5) is 0 Å². The smallest absolute Gasteiger partial charge is 0.309 e. The van der Waals surface area contributed by atoms with E-state index in [0.29, 0.717) is 19.5 Å². The van der Waals surface area contributed by atoms with E-state index in [0.717, 1.165) is 22.4 Å². The van der Waals surface area contributed by atoms with E-state index in [4.69, 9.17) is 4.74 Å². The Morgan fingerprint density at radius 1 is 0.958 bits per heavy atom. The molecule has 0 bridgehead atoms. The monoisotopic (exact) mass is 326 g/mol. The Morgan fingerprint density at radius 3 is 2.33 bits per heavy atom. The quantitative estimate of drug-likeness (QED) is 0.798. The van der Waals surface area contributed by atoms with Crippen molar-refractivity contribution in [2.75, 3.05) is 13.7 Å². The summed E-state index contributed by atoms with van der Waals surface area (Å²) in [7, 11) is 1.62. The Hall–Kier alpha value is -2.82. The van der Waals surface area contributed by atoms with Gasteiger partial charge in [-0.25, -0.2) is 0 Å². The second kappa shape index (κ2) is 8.72. The van der Waals surface area contributed by atoms with Gasteiger partial charge in [-0.2, -0.15) is 0 Å². The van der Waals surface area contributed by atoms with Crippen LogP contribution in [0.1, 0.15) is 16.7 Å². The van der Waals surface area contributed by atoms with Crippen LogP contribution in [0.15, 0.2) is 48.5 Å². The third-order valence-corrected chi connectivity index (χ3v) is 3.60. The predicted octanol–water partition coefficient (Wildman–Crippen LogP) is 1.98. The number of hydrogen-bond donors (Lipinski definition) is 2. The third-order valence-electron chi connectivity index (χ3n) is 3.60. The van der Waals surface area contributed by atoms with Crippen molar-refractivity contribution in [2.24, 2.45) is 0 Å². The average Bonchev–Trinajstić information content (AvgIpc) is 2.60. The summed E-state index contributed by atoms with van der Waals surface area (Å²) in [5, 5.41) is 5.25. The van der Waals surface area contributed by atoms with Gasteiger partial charge in [0.15, 0.2) is 0 Å². The SMILES string of the molecule is COc1ccc(CCNC(=O)C(=O)NCc2cccc(C)c2)cc1. The summed E-state index contributed by atoms with van der Waals surface area (Å²) in [6, 6.07) is 15.4. The highest BCUT2D eigenvalue weighted by molar-refractivity contribution is 6.35. The zero-order valence-corrected chi connectivity index (χ0v) is 14.0. The summed E-state index contributed by atoms with van der Waals surface area (Å²) in [5.41, 5.74) is 3.15. The van der Waals surface area contributed by atoms with Crippen molar-refractivity contribution in [3.05, 3.63) is 65.2 Å². The van der Waals surface area contributed by atoms with Crippen molar-refractivity contribution >= 4 is 11.8 Å². The lowest BCUT2D eigenvalue weighted by Gasteiger charge is -2.07. The second-order valence-corrected chi connectivity index (χ2v) is 5.53. The molecule has 0 unspecified atom stereocenters. The molecule has 0 aromatic heterocycles. The molecule has 0 saturated carbocycles. The van der Waals surface area contributed by atoms with Crippen LogP contribution in [0, 0.1) is 6.92 Å². The van der Waals surface area contributed by atoms with Crippen LogP contribution in [0.5, 0.6) is 5.75 Å². The highest BCUT2D eigenvalue weighted by Crippen LogP contribution is 2.11. The van der Waals surface area contributed by atoms with Crippen LogP contribution >= 0.6 is 0 Å². The minimum atomic E-state index is -0.619. The molecule has 5 nitrogen and oxygen atoms in total. The van der Waals surface area contributed by atoms with Gasteiger partial charge in [0.1, 0.15) is 5.75 Å². The zero-order chi connectivity index (χ0) is 17.4. The summed E-state index contributed by atoms with van der Waals surface area (Å²) in [6.45, 7) is 2.73. The van der Waals surface area contributed by atoms with Gasteiger partial charge in [-0.3, -0.25) is 9.59 Å². The number of carbonyl (C=O) groups excluding carboxylic acids is 2. The topological polar surface area (TPSA) is 67.4 Å². The van der Waals surface area contributed by atoms with Crippen molar-refractivity contribution in [1.29, 1.82) is 0 Å². The van der Waals surface area contributed by atoms with Gasteiger partial charge >= 0.3 is 11.8 Å². The van der Waals surface area contributed by atoms with Gasteiger partial charge in [-0.05, 0) is 36.6 Å². The summed E-state index contributed by atoms with van der Waals surface area (Å²) < 4.78 is 5.09. The van der Waals surface area contributed by atoms with Gasteiger partial charge in [0.05, 0.1) is 7.11 Å². The second-order valence-electron chi connectivity index (χ2n) is 5.53. The van der Waals surface area contributed by atoms with E-state index in [1.165, 1.54) is 0 Å². The Kier molecular flexibility index (Phi) is 6.37. The van der Waals surface area contributed by atoms with Crippen molar-refractivity contribution in [2.45, 2.75) is 19.9 Å². The summed E-state index contributed by atoms with van der Waals surface area (Å²) in [6.07, 6.45) is 0.654. The Bertz CT molecular complexity index is 696. The van der Waals surface area contributed by atoms with E-state index in [2.05, 4.69) is 10.6 Å². The van der Waals surface area contributed by atoms with E-state index >= 15 is 0 Å². The van der Waals surface area contributed by atoms with Crippen LogP contribution < -0.4 is 15.4 Å². The number of aryl methyl sites for hydroxylation is 1. The molecule has 2 N–H and O–H groups in total. The van der Waals surface area contributed by atoms with Gasteiger partial charge in [0.25, 0.3) is 0 Å². The molecule has 0 aliphatic rings. The van der Waals surface area contributed by atoms with E-state index in [9.17, 15) is 9.59 Å². The molecule has 5 heteroatoms. The fourth-order valence-corrected chi connectivity index (χ4v) is 2.28. The normalized spacial score (nSPS) is 10.1. The van der Waals surface area contributed by atoms with E-state index < -0.39 is 11.8 Å². The molecular weight excluding hydrogens is 304 g/mol. The largest absolute Gasteiger partial charge is 0.497 e. The van der Waals surface area contributed by atoms with Crippen molar-refractivity contribution in [1.82, 2.24) is 10.6 Å². The first-order valence-corrected chi connectivity index (χ1v) is 7.83. The lowest BCUT2D eigenvalue weighted by Crippen LogP contribution is -2.40. The average molecular weight is 326 g/mol. The summed E-state index contributed by atoms with van der Waals surface area (Å²) in [5.74, 6) is -0.444. The number of nitrogens with one attached hydrogen (secondary N) is 2. The van der Waals surface area contributed by atoms with E-state index in [1.54, 1.807) is 7.11 Å². The number of rotatable bonds is 6. The maximum absolute atomic E-state index is 11.8. The Labute approximate surface area is 142 Å². The predicted molar refractivity (Wildman–Crippen MR) is 92.7 cm³/mol. The van der Waals surface area contributed by atoms with Crippen molar-refractivity contribution < 1.29 is 14.3 Å². The van der Waals surface area contributed by atoms with Crippen molar-refractivity contribution in [3.8, 4) is 5.75 Å². The molecule has 2 rings (SSSR count). The van der Waals surface area contributed by atoms with Gasteiger partial charge < -0.3 is 15.4 Å². The van der Waals surface area contributed by atoms with Gasteiger partial charge in [0, 0.05) is 13.1 Å². The molecule has 0 heterocycles. The number of methoxy groups -OCH3 is 1. The number of ether oxygens (including phenoxy) is 1. The molecule has 0 fully saturated rings. The van der Waals surface area contributed by atoms with E-state index in [-0.39, 0.29) is 0 Å². The maximum Gasteiger partial charge on any atom is 0.309 e. The molecule has 126 valence electrons. The molecule has 2 aromatic carbocycles. The molecular formula is C19H22N2O3. The standard InChI is InChI=1S/C19H22N2O3/c1-14-4-3-5-16(12-14)13-21-19(23)18(22)20-11-10-15-6-8-17(24-2)9-7-15/h3-9,12H,10-11,13H2,1-2H3,(H,20,22)(H,21,23). The minimum Gasteiger partial charge on any atom is -0.497 e. The van der Waals surface area contributed by atoms with Gasteiger partial charge in [0.2, 0.25) is 0 Å². The maximum atomic E-state index is 11.8. The van der Waals surface area contributed by atoms with E-state index in [1.807, 2.05) is 55.5 Å². The Balaban J connectivity index is 1.72. The molecule has 0 aliphatic heterocycles. The first-order valence-electron chi connectivity index (χ1n) is 7.83. The molecule has 0 spiro atoms. The van der Waals surface area contributed by atoms with Crippen LogP contribution in [0.2, 0.25) is 0 Å². The molecule has 2 amide bonds. The zero-order valence-electron chi connectivity index (χ0n) is 14.0. The molecule has 24 heavy (non-hydrogen) atoms. The molecule has 0 aliphatic carbocycles. The lowest BCUT2D eigenvalue weighted by atomic mass is 10.1. The summed E-state index contributed by atoms with van der Waals surface area (Å²) >= 11 is 0. The third kappa shape index (κ3) is 5.43. The first-order chi connectivity index (χ1) is 11.6. The van der Waals surface area contributed by atoms with Crippen LogP contribution in [0.3, 0.4) is 0 Å². The number of carbonyl (C=O) groups is 2. The van der Waals surface area contributed by atoms with Crippen LogP contribution in [-0.2, 0) is 22.6 Å². The molecule has 0 radical (unpaired) electrons. The number of hydrogen-bond acceptors (Lipinski definition) is 3. The fraction of sp³-hybridized carbons (Fsp3) is 0.263. The Morgan fingerprint density at radius 2 is 1.67 bits per heavy atom. The number of benzene rings is 2. The minimum absolute atomic E-state index is 0.340. The van der Waals surface area contributed by atoms with Crippen LogP contribution in [0.25, 0.3) is 0 Å². The highest BCUT2D eigenvalue weighted by atomic mass is 16.5.